The number of amides is 1. The average Bonchev–Trinajstić information content (AvgIpc) is 3.32. The van der Waals surface area contributed by atoms with Crippen molar-refractivity contribution in [2.45, 2.75) is 25.8 Å². The molecule has 0 saturated heterocycles. The fourth-order valence-corrected chi connectivity index (χ4v) is 2.59. The van der Waals surface area contributed by atoms with Gasteiger partial charge in [-0.3, -0.25) is 4.79 Å². The molecule has 1 heterocycles. The van der Waals surface area contributed by atoms with Crippen molar-refractivity contribution in [1.29, 1.82) is 0 Å². The predicted molar refractivity (Wildman–Crippen MR) is 90.7 cm³/mol. The second kappa shape index (κ2) is 5.88. The molecule has 6 nitrogen and oxygen atoms in total. The lowest BCUT2D eigenvalue weighted by molar-refractivity contribution is 0.102. The fourth-order valence-electron chi connectivity index (χ4n) is 2.59. The maximum atomic E-state index is 12.4. The number of hydrogen-bond acceptors (Lipinski definition) is 4. The number of aryl methyl sites for hydroxylation is 1. The fraction of sp³-hybridized carbons (Fsp3) is 0.222. The molecular formula is C18H17N5O. The van der Waals surface area contributed by atoms with Gasteiger partial charge in [-0.15, -0.1) is 5.10 Å². The highest BCUT2D eigenvalue weighted by Crippen LogP contribution is 2.36. The van der Waals surface area contributed by atoms with E-state index in [1.54, 1.807) is 0 Å². The van der Waals surface area contributed by atoms with E-state index >= 15 is 0 Å². The van der Waals surface area contributed by atoms with Gasteiger partial charge < -0.3 is 5.32 Å². The van der Waals surface area contributed by atoms with Crippen LogP contribution >= 0.6 is 0 Å². The molecule has 1 aromatic heterocycles. The van der Waals surface area contributed by atoms with Crippen LogP contribution in [0.4, 0.5) is 5.69 Å². The summed E-state index contributed by atoms with van der Waals surface area (Å²) >= 11 is 0. The molecule has 1 N–H and O–H groups in total. The minimum Gasteiger partial charge on any atom is -0.322 e. The quantitative estimate of drug-likeness (QED) is 0.801. The van der Waals surface area contributed by atoms with E-state index in [9.17, 15) is 4.79 Å². The highest BCUT2D eigenvalue weighted by atomic mass is 16.1. The van der Waals surface area contributed by atoms with Crippen LogP contribution in [0.1, 0.15) is 34.8 Å². The largest absolute Gasteiger partial charge is 0.322 e. The molecule has 2 aromatic carbocycles. The van der Waals surface area contributed by atoms with E-state index in [1.165, 1.54) is 0 Å². The lowest BCUT2D eigenvalue weighted by atomic mass is 10.1. The number of nitrogens with zero attached hydrogens (tertiary/aromatic N) is 4. The lowest BCUT2D eigenvalue weighted by Crippen LogP contribution is -2.11. The second-order valence-corrected chi connectivity index (χ2v) is 6.08. The normalized spacial score (nSPS) is 13.7. The number of aromatic nitrogens is 4. The monoisotopic (exact) mass is 319 g/mol. The van der Waals surface area contributed by atoms with Gasteiger partial charge in [-0.2, -0.15) is 0 Å². The molecular weight excluding hydrogens is 302 g/mol. The Bertz CT molecular complexity index is 880. The molecule has 0 unspecified atom stereocenters. The third kappa shape index (κ3) is 2.90. The molecule has 24 heavy (non-hydrogen) atoms. The van der Waals surface area contributed by atoms with Crippen LogP contribution < -0.4 is 5.32 Å². The van der Waals surface area contributed by atoms with Gasteiger partial charge in [-0.1, -0.05) is 29.8 Å². The summed E-state index contributed by atoms with van der Waals surface area (Å²) in [5, 5.41) is 14.9. The summed E-state index contributed by atoms with van der Waals surface area (Å²) in [6, 6.07) is 15.5. The summed E-state index contributed by atoms with van der Waals surface area (Å²) in [4.78, 5) is 12.4. The van der Waals surface area contributed by atoms with Gasteiger partial charge in [0.1, 0.15) is 0 Å². The van der Waals surface area contributed by atoms with E-state index in [0.717, 1.165) is 35.5 Å². The molecule has 0 spiro atoms. The van der Waals surface area contributed by atoms with Crippen molar-refractivity contribution in [3.05, 3.63) is 59.7 Å². The number of tetrazole rings is 1. The summed E-state index contributed by atoms with van der Waals surface area (Å²) in [5.74, 6) is 0.609. The van der Waals surface area contributed by atoms with Crippen molar-refractivity contribution in [3.63, 3.8) is 0 Å². The molecule has 1 aliphatic carbocycles. The Morgan fingerprint density at radius 2 is 1.96 bits per heavy atom. The molecule has 0 bridgehead atoms. The number of carbonyl (C=O) groups is 1. The maximum Gasteiger partial charge on any atom is 0.255 e. The molecule has 0 radical (unpaired) electrons. The number of rotatable bonds is 4. The van der Waals surface area contributed by atoms with E-state index in [-0.39, 0.29) is 5.91 Å². The molecule has 3 aromatic rings. The summed E-state index contributed by atoms with van der Waals surface area (Å²) in [6.45, 7) is 2.00. The van der Waals surface area contributed by atoms with Crippen molar-refractivity contribution in [1.82, 2.24) is 20.2 Å². The van der Waals surface area contributed by atoms with Gasteiger partial charge in [0.15, 0.2) is 5.82 Å². The minimum atomic E-state index is -0.131. The highest BCUT2D eigenvalue weighted by Gasteiger charge is 2.28. The van der Waals surface area contributed by atoms with Crippen LogP contribution in [0.5, 0.6) is 0 Å². The summed E-state index contributed by atoms with van der Waals surface area (Å²) in [7, 11) is 0. The highest BCUT2D eigenvalue weighted by molar-refractivity contribution is 6.04. The van der Waals surface area contributed by atoms with Crippen LogP contribution in [0.2, 0.25) is 0 Å². The van der Waals surface area contributed by atoms with Crippen LogP contribution in [-0.4, -0.2) is 26.1 Å². The van der Waals surface area contributed by atoms with Crippen LogP contribution in [0.3, 0.4) is 0 Å². The first kappa shape index (κ1) is 14.6. The predicted octanol–water partition coefficient (Wildman–Crippen LogP) is 3.24. The van der Waals surface area contributed by atoms with Crippen LogP contribution in [0.25, 0.3) is 11.4 Å². The van der Waals surface area contributed by atoms with Gasteiger partial charge in [-0.05, 0) is 54.5 Å². The number of anilines is 1. The molecule has 1 amide bonds. The van der Waals surface area contributed by atoms with Gasteiger partial charge >= 0.3 is 0 Å². The van der Waals surface area contributed by atoms with Gasteiger partial charge in [-0.25, -0.2) is 4.68 Å². The molecule has 0 atom stereocenters. The Kier molecular flexibility index (Phi) is 3.57. The van der Waals surface area contributed by atoms with E-state index in [4.69, 9.17) is 0 Å². The third-order valence-corrected chi connectivity index (χ3v) is 4.08. The smallest absolute Gasteiger partial charge is 0.255 e. The van der Waals surface area contributed by atoms with Crippen molar-refractivity contribution < 1.29 is 4.79 Å². The average molecular weight is 319 g/mol. The zero-order chi connectivity index (χ0) is 16.5. The van der Waals surface area contributed by atoms with E-state index in [0.29, 0.717) is 11.6 Å². The van der Waals surface area contributed by atoms with Gasteiger partial charge in [0, 0.05) is 16.8 Å². The summed E-state index contributed by atoms with van der Waals surface area (Å²) < 4.78 is 1.86. The number of carbonyl (C=O) groups excluding carboxylic acids is 1. The lowest BCUT2D eigenvalue weighted by Gasteiger charge is -2.08. The van der Waals surface area contributed by atoms with Crippen molar-refractivity contribution in [2.75, 3.05) is 5.32 Å². The van der Waals surface area contributed by atoms with E-state index in [1.807, 2.05) is 60.1 Å². The first-order valence-corrected chi connectivity index (χ1v) is 7.97. The Hall–Kier alpha value is -3.02. The Morgan fingerprint density at radius 1 is 1.17 bits per heavy atom. The maximum absolute atomic E-state index is 12.4. The standard InChI is InChI=1S/C18H17N5O/c1-12-5-7-13(8-6-12)18(24)19-15-4-2-3-14(11-15)17-20-21-22-23(17)16-9-10-16/h2-8,11,16H,9-10H2,1H3,(H,19,24). The van der Waals surface area contributed by atoms with E-state index in [2.05, 4.69) is 20.8 Å². The van der Waals surface area contributed by atoms with Crippen LogP contribution in [-0.2, 0) is 0 Å². The Morgan fingerprint density at radius 3 is 2.71 bits per heavy atom. The molecule has 1 fully saturated rings. The van der Waals surface area contributed by atoms with Crippen LogP contribution in [0, 0.1) is 6.92 Å². The summed E-state index contributed by atoms with van der Waals surface area (Å²) in [6.07, 6.45) is 2.23. The molecule has 4 rings (SSSR count). The van der Waals surface area contributed by atoms with Gasteiger partial charge in [0.05, 0.1) is 6.04 Å². The number of nitrogens with one attached hydrogen (secondary N) is 1. The second-order valence-electron chi connectivity index (χ2n) is 6.08. The van der Waals surface area contributed by atoms with E-state index < -0.39 is 0 Å². The molecule has 6 heteroatoms. The molecule has 120 valence electrons. The minimum absolute atomic E-state index is 0.131. The molecule has 1 saturated carbocycles. The first-order valence-electron chi connectivity index (χ1n) is 7.97. The number of hydrogen-bond donors (Lipinski definition) is 1. The topological polar surface area (TPSA) is 72.7 Å². The zero-order valence-corrected chi connectivity index (χ0v) is 13.3. The SMILES string of the molecule is Cc1ccc(C(=O)Nc2cccc(-c3nnnn3C3CC3)c2)cc1. The van der Waals surface area contributed by atoms with Gasteiger partial charge in [0.25, 0.3) is 5.91 Å². The molecule has 0 aliphatic heterocycles. The van der Waals surface area contributed by atoms with Crippen molar-refractivity contribution in [2.24, 2.45) is 0 Å². The first-order chi connectivity index (χ1) is 11.7. The Balaban J connectivity index is 1.57. The third-order valence-electron chi connectivity index (χ3n) is 4.08. The number of benzene rings is 2. The zero-order valence-electron chi connectivity index (χ0n) is 13.3. The van der Waals surface area contributed by atoms with Crippen molar-refractivity contribution in [3.8, 4) is 11.4 Å². The van der Waals surface area contributed by atoms with Crippen LogP contribution in [0.15, 0.2) is 48.5 Å². The Labute approximate surface area is 139 Å². The summed E-state index contributed by atoms with van der Waals surface area (Å²) in [5.41, 5.74) is 3.38. The van der Waals surface area contributed by atoms with Gasteiger partial charge in [0.2, 0.25) is 0 Å². The molecule has 1 aliphatic rings. The van der Waals surface area contributed by atoms with Crippen molar-refractivity contribution >= 4 is 11.6 Å².